The van der Waals surface area contributed by atoms with E-state index in [0.717, 1.165) is 5.56 Å². The first-order valence-corrected chi connectivity index (χ1v) is 5.30. The summed E-state index contributed by atoms with van der Waals surface area (Å²) in [5, 5.41) is 1.57. The van der Waals surface area contributed by atoms with Gasteiger partial charge in [0.05, 0.1) is 4.90 Å². The van der Waals surface area contributed by atoms with E-state index in [1.165, 1.54) is 17.8 Å². The molecular formula is C11H14FNS. The maximum Gasteiger partial charge on any atom is 0.139 e. The van der Waals surface area contributed by atoms with Gasteiger partial charge < -0.3 is 5.73 Å². The molecule has 0 unspecified atom stereocenters. The van der Waals surface area contributed by atoms with Gasteiger partial charge in [-0.1, -0.05) is 32.2 Å². The molecule has 0 atom stereocenters. The Labute approximate surface area is 88.2 Å². The zero-order valence-corrected chi connectivity index (χ0v) is 9.20. The molecule has 1 nitrogen and oxygen atoms in total. The highest BCUT2D eigenvalue weighted by Gasteiger charge is 2.09. The molecule has 1 aromatic rings. The highest BCUT2D eigenvalue weighted by atomic mass is 32.2. The quantitative estimate of drug-likeness (QED) is 0.608. The zero-order chi connectivity index (χ0) is 10.7. The molecule has 0 saturated carbocycles. The average Bonchev–Trinajstić information content (AvgIpc) is 2.10. The molecule has 0 fully saturated rings. The molecular weight excluding hydrogens is 197 g/mol. The largest absolute Gasteiger partial charge is 0.398 e. The summed E-state index contributed by atoms with van der Waals surface area (Å²) in [7, 11) is 0. The minimum Gasteiger partial charge on any atom is -0.398 e. The third-order valence-corrected chi connectivity index (χ3v) is 2.80. The van der Waals surface area contributed by atoms with Gasteiger partial charge in [0, 0.05) is 5.69 Å². The first kappa shape index (κ1) is 11.1. The Kier molecular flexibility index (Phi) is 3.58. The lowest BCUT2D eigenvalue weighted by atomic mass is 10.0. The standard InChI is InChI=1S/C11H14FNS/c1-4-14-11-9(12)5-8(7(2)3)6-10(11)13/h4-7H,1,13H2,2-3H3. The SMILES string of the molecule is C=CSc1c(N)cc(C(C)C)cc1F. The van der Waals surface area contributed by atoms with Crippen molar-refractivity contribution < 1.29 is 4.39 Å². The van der Waals surface area contributed by atoms with Gasteiger partial charge >= 0.3 is 0 Å². The third-order valence-electron chi connectivity index (χ3n) is 1.96. The van der Waals surface area contributed by atoms with Crippen molar-refractivity contribution in [2.75, 3.05) is 5.73 Å². The van der Waals surface area contributed by atoms with Crippen molar-refractivity contribution in [3.63, 3.8) is 0 Å². The van der Waals surface area contributed by atoms with Crippen LogP contribution in [0.1, 0.15) is 25.3 Å². The van der Waals surface area contributed by atoms with Gasteiger partial charge in [-0.05, 0) is 29.0 Å². The van der Waals surface area contributed by atoms with Crippen molar-refractivity contribution >= 4 is 17.4 Å². The zero-order valence-electron chi connectivity index (χ0n) is 8.38. The Hall–Kier alpha value is -0.960. The molecule has 0 saturated heterocycles. The van der Waals surface area contributed by atoms with E-state index in [9.17, 15) is 4.39 Å². The molecule has 0 spiro atoms. The predicted octanol–water partition coefficient (Wildman–Crippen LogP) is 3.77. The summed E-state index contributed by atoms with van der Waals surface area (Å²) in [4.78, 5) is 0.462. The van der Waals surface area contributed by atoms with E-state index in [1.54, 1.807) is 5.41 Å². The molecule has 0 heterocycles. The van der Waals surface area contributed by atoms with Gasteiger partial charge in [-0.25, -0.2) is 4.39 Å². The molecule has 0 aliphatic carbocycles. The lowest BCUT2D eigenvalue weighted by Crippen LogP contribution is -1.96. The Balaban J connectivity index is 3.17. The van der Waals surface area contributed by atoms with Gasteiger partial charge in [0.25, 0.3) is 0 Å². The molecule has 1 rings (SSSR count). The molecule has 0 aliphatic rings. The first-order chi connectivity index (χ1) is 6.56. The van der Waals surface area contributed by atoms with Crippen molar-refractivity contribution in [2.24, 2.45) is 0 Å². The number of anilines is 1. The van der Waals surface area contributed by atoms with Crippen LogP contribution in [0.25, 0.3) is 0 Å². The highest BCUT2D eigenvalue weighted by Crippen LogP contribution is 2.31. The van der Waals surface area contributed by atoms with Crippen molar-refractivity contribution in [3.8, 4) is 0 Å². The van der Waals surface area contributed by atoms with Crippen LogP contribution < -0.4 is 5.73 Å². The molecule has 76 valence electrons. The molecule has 0 bridgehead atoms. The number of benzene rings is 1. The maximum atomic E-state index is 13.5. The Morgan fingerprint density at radius 1 is 1.50 bits per heavy atom. The number of halogens is 1. The monoisotopic (exact) mass is 211 g/mol. The van der Waals surface area contributed by atoms with Crippen LogP contribution >= 0.6 is 11.8 Å². The van der Waals surface area contributed by atoms with Gasteiger partial charge in [-0.3, -0.25) is 0 Å². The topological polar surface area (TPSA) is 26.0 Å². The first-order valence-electron chi connectivity index (χ1n) is 4.42. The molecule has 0 aliphatic heterocycles. The van der Waals surface area contributed by atoms with Crippen LogP contribution in [0.4, 0.5) is 10.1 Å². The third kappa shape index (κ3) is 2.29. The van der Waals surface area contributed by atoms with Crippen LogP contribution in [0.5, 0.6) is 0 Å². The summed E-state index contributed by atoms with van der Waals surface area (Å²) in [6, 6.07) is 3.35. The van der Waals surface area contributed by atoms with Crippen molar-refractivity contribution in [1.82, 2.24) is 0 Å². The molecule has 0 radical (unpaired) electrons. The van der Waals surface area contributed by atoms with Crippen molar-refractivity contribution in [3.05, 3.63) is 35.5 Å². The lowest BCUT2D eigenvalue weighted by molar-refractivity contribution is 0.599. The van der Waals surface area contributed by atoms with Crippen LogP contribution in [-0.2, 0) is 0 Å². The van der Waals surface area contributed by atoms with Crippen molar-refractivity contribution in [2.45, 2.75) is 24.7 Å². The number of thioether (sulfide) groups is 1. The normalized spacial score (nSPS) is 10.6. The Bertz CT molecular complexity index is 324. The molecule has 1 aromatic carbocycles. The van der Waals surface area contributed by atoms with E-state index >= 15 is 0 Å². The van der Waals surface area contributed by atoms with Gasteiger partial charge in [0.15, 0.2) is 0 Å². The van der Waals surface area contributed by atoms with Crippen LogP contribution in [0, 0.1) is 5.82 Å². The minimum absolute atomic E-state index is 0.265. The van der Waals surface area contributed by atoms with E-state index < -0.39 is 0 Å². The average molecular weight is 211 g/mol. The van der Waals surface area contributed by atoms with E-state index in [4.69, 9.17) is 5.73 Å². The van der Waals surface area contributed by atoms with Gasteiger partial charge in [-0.15, -0.1) is 0 Å². The summed E-state index contributed by atoms with van der Waals surface area (Å²) in [5.74, 6) is 0.0215. The smallest absolute Gasteiger partial charge is 0.139 e. The second-order valence-electron chi connectivity index (χ2n) is 3.36. The number of hydrogen-bond donors (Lipinski definition) is 1. The van der Waals surface area contributed by atoms with Gasteiger partial charge in [0.2, 0.25) is 0 Å². The highest BCUT2D eigenvalue weighted by molar-refractivity contribution is 8.02. The Morgan fingerprint density at radius 2 is 2.14 bits per heavy atom. The van der Waals surface area contributed by atoms with E-state index in [2.05, 4.69) is 6.58 Å². The second kappa shape index (κ2) is 4.51. The summed E-state index contributed by atoms with van der Waals surface area (Å²) in [6.07, 6.45) is 0. The fourth-order valence-electron chi connectivity index (χ4n) is 1.18. The fourth-order valence-corrected chi connectivity index (χ4v) is 1.71. The molecule has 0 aromatic heterocycles. The summed E-state index contributed by atoms with van der Waals surface area (Å²) in [6.45, 7) is 7.55. The summed E-state index contributed by atoms with van der Waals surface area (Å²) >= 11 is 1.21. The predicted molar refractivity (Wildman–Crippen MR) is 61.0 cm³/mol. The number of nitrogens with two attached hydrogens (primary N) is 1. The number of hydrogen-bond acceptors (Lipinski definition) is 2. The summed E-state index contributed by atoms with van der Waals surface area (Å²) in [5.41, 5.74) is 7.15. The van der Waals surface area contributed by atoms with Crippen LogP contribution in [0.2, 0.25) is 0 Å². The molecule has 3 heteroatoms. The molecule has 2 N–H and O–H groups in total. The molecule has 14 heavy (non-hydrogen) atoms. The minimum atomic E-state index is -0.265. The number of nitrogen functional groups attached to an aromatic ring is 1. The maximum absolute atomic E-state index is 13.5. The van der Waals surface area contributed by atoms with E-state index in [1.807, 2.05) is 19.9 Å². The van der Waals surface area contributed by atoms with E-state index in [-0.39, 0.29) is 11.7 Å². The number of rotatable bonds is 3. The lowest BCUT2D eigenvalue weighted by Gasteiger charge is -2.10. The van der Waals surface area contributed by atoms with E-state index in [0.29, 0.717) is 10.6 Å². The summed E-state index contributed by atoms with van der Waals surface area (Å²) < 4.78 is 13.5. The van der Waals surface area contributed by atoms with Crippen molar-refractivity contribution in [1.29, 1.82) is 0 Å². The van der Waals surface area contributed by atoms with Crippen LogP contribution in [0.3, 0.4) is 0 Å². The fraction of sp³-hybridized carbons (Fsp3) is 0.273. The van der Waals surface area contributed by atoms with Crippen LogP contribution in [0.15, 0.2) is 29.0 Å². The molecule has 0 amide bonds. The van der Waals surface area contributed by atoms with Gasteiger partial charge in [0.1, 0.15) is 5.82 Å². The Morgan fingerprint density at radius 3 is 2.57 bits per heavy atom. The van der Waals surface area contributed by atoms with Crippen LogP contribution in [-0.4, -0.2) is 0 Å². The second-order valence-corrected chi connectivity index (χ2v) is 4.34. The van der Waals surface area contributed by atoms with Gasteiger partial charge in [-0.2, -0.15) is 0 Å².